The van der Waals surface area contributed by atoms with E-state index >= 15 is 0 Å². The Morgan fingerprint density at radius 1 is 1.12 bits per heavy atom. The van der Waals surface area contributed by atoms with E-state index in [4.69, 9.17) is 14.5 Å². The van der Waals surface area contributed by atoms with Gasteiger partial charge in [-0.25, -0.2) is 4.98 Å². The molecule has 170 valence electrons. The summed E-state index contributed by atoms with van der Waals surface area (Å²) < 4.78 is 12.5. The van der Waals surface area contributed by atoms with Crippen molar-refractivity contribution < 1.29 is 14.3 Å². The second-order valence-electron chi connectivity index (χ2n) is 8.12. The summed E-state index contributed by atoms with van der Waals surface area (Å²) in [6, 6.07) is 11.6. The van der Waals surface area contributed by atoms with E-state index < -0.39 is 0 Å². The number of carbonyl (C=O) groups excluding carboxylic acids is 1. The Morgan fingerprint density at radius 3 is 2.69 bits per heavy atom. The average molecular weight is 454 g/mol. The second-order valence-corrected chi connectivity index (χ2v) is 9.10. The SMILES string of the molecule is CCCCCOc1cccc(C(=O)N2CCN(c3nc4c(OC)ccc(C)c4s3)CC2)c1. The van der Waals surface area contributed by atoms with Gasteiger partial charge in [-0.05, 0) is 43.2 Å². The van der Waals surface area contributed by atoms with Crippen molar-refractivity contribution in [3.05, 3.63) is 47.5 Å². The standard InChI is InChI=1S/C25H31N3O3S/c1-4-5-6-16-31-20-9-7-8-19(17-20)24(29)27-12-14-28(15-13-27)25-26-22-21(30-3)11-10-18(2)23(22)32-25/h7-11,17H,4-6,12-16H2,1-3H3. The first-order valence-electron chi connectivity index (χ1n) is 11.3. The molecule has 2 heterocycles. The van der Waals surface area contributed by atoms with Crippen molar-refractivity contribution in [2.45, 2.75) is 33.1 Å². The van der Waals surface area contributed by atoms with Gasteiger partial charge in [0.2, 0.25) is 0 Å². The van der Waals surface area contributed by atoms with Crippen LogP contribution in [0.15, 0.2) is 36.4 Å². The molecule has 6 nitrogen and oxygen atoms in total. The van der Waals surface area contributed by atoms with Crippen LogP contribution in [0, 0.1) is 6.92 Å². The van der Waals surface area contributed by atoms with Crippen molar-refractivity contribution in [2.75, 3.05) is 44.8 Å². The molecule has 0 atom stereocenters. The summed E-state index contributed by atoms with van der Waals surface area (Å²) in [6.45, 7) is 7.84. The van der Waals surface area contributed by atoms with Crippen molar-refractivity contribution >= 4 is 32.6 Å². The van der Waals surface area contributed by atoms with Crippen LogP contribution in [0.1, 0.15) is 42.1 Å². The number of hydrogen-bond donors (Lipinski definition) is 0. The molecule has 0 bridgehead atoms. The summed E-state index contributed by atoms with van der Waals surface area (Å²) in [5, 5.41) is 0.988. The zero-order valence-corrected chi connectivity index (χ0v) is 19.9. The lowest BCUT2D eigenvalue weighted by molar-refractivity contribution is 0.0746. The maximum Gasteiger partial charge on any atom is 0.254 e. The largest absolute Gasteiger partial charge is 0.494 e. The fourth-order valence-corrected chi connectivity index (χ4v) is 5.05. The van der Waals surface area contributed by atoms with E-state index in [0.29, 0.717) is 25.3 Å². The minimum absolute atomic E-state index is 0.0606. The molecule has 0 aliphatic carbocycles. The molecule has 0 N–H and O–H groups in total. The molecule has 32 heavy (non-hydrogen) atoms. The van der Waals surface area contributed by atoms with Gasteiger partial charge < -0.3 is 19.3 Å². The molecule has 1 amide bonds. The van der Waals surface area contributed by atoms with Gasteiger partial charge in [0.05, 0.1) is 18.4 Å². The zero-order chi connectivity index (χ0) is 22.5. The molecule has 1 aliphatic rings. The fraction of sp³-hybridized carbons (Fsp3) is 0.440. The summed E-state index contributed by atoms with van der Waals surface area (Å²) in [5.74, 6) is 1.63. The quantitative estimate of drug-likeness (QED) is 0.442. The van der Waals surface area contributed by atoms with Crippen molar-refractivity contribution in [2.24, 2.45) is 0 Å². The highest BCUT2D eigenvalue weighted by Gasteiger charge is 2.25. The normalized spacial score (nSPS) is 14.1. The van der Waals surface area contributed by atoms with Gasteiger partial charge in [-0.3, -0.25) is 4.79 Å². The number of fused-ring (bicyclic) bond motifs is 1. The van der Waals surface area contributed by atoms with Gasteiger partial charge in [-0.1, -0.05) is 43.2 Å². The number of amides is 1. The smallest absolute Gasteiger partial charge is 0.254 e. The number of unbranched alkanes of at least 4 members (excludes halogenated alkanes) is 2. The van der Waals surface area contributed by atoms with Crippen LogP contribution in [0.4, 0.5) is 5.13 Å². The Kier molecular flexibility index (Phi) is 7.15. The minimum atomic E-state index is 0.0606. The van der Waals surface area contributed by atoms with E-state index in [1.165, 1.54) is 5.56 Å². The number of nitrogens with zero attached hydrogens (tertiary/aromatic N) is 3. The number of carbonyl (C=O) groups is 1. The molecule has 4 rings (SSSR count). The molecular weight excluding hydrogens is 422 g/mol. The van der Waals surface area contributed by atoms with Crippen molar-refractivity contribution in [1.29, 1.82) is 0 Å². The summed E-state index contributed by atoms with van der Waals surface area (Å²) in [6.07, 6.45) is 3.36. The molecule has 1 aromatic heterocycles. The number of methoxy groups -OCH3 is 1. The third-order valence-electron chi connectivity index (χ3n) is 5.85. The first-order valence-corrected chi connectivity index (χ1v) is 12.1. The summed E-state index contributed by atoms with van der Waals surface area (Å²) in [5.41, 5.74) is 2.81. The van der Waals surface area contributed by atoms with Crippen LogP contribution >= 0.6 is 11.3 Å². The van der Waals surface area contributed by atoms with E-state index in [9.17, 15) is 4.79 Å². The maximum absolute atomic E-state index is 13.1. The monoisotopic (exact) mass is 453 g/mol. The Labute approximate surface area is 193 Å². The van der Waals surface area contributed by atoms with Crippen molar-refractivity contribution in [3.8, 4) is 11.5 Å². The van der Waals surface area contributed by atoms with Crippen molar-refractivity contribution in [3.63, 3.8) is 0 Å². The average Bonchev–Trinajstić information content (AvgIpc) is 3.29. The maximum atomic E-state index is 13.1. The highest BCUT2D eigenvalue weighted by Crippen LogP contribution is 2.36. The Hall–Kier alpha value is -2.80. The van der Waals surface area contributed by atoms with Crippen LogP contribution in [0.2, 0.25) is 0 Å². The number of rotatable bonds is 8. The van der Waals surface area contributed by atoms with Gasteiger partial charge in [-0.15, -0.1) is 0 Å². The van der Waals surface area contributed by atoms with Gasteiger partial charge in [0.25, 0.3) is 5.91 Å². The number of hydrogen-bond acceptors (Lipinski definition) is 6. The van der Waals surface area contributed by atoms with Crippen LogP contribution in [0.5, 0.6) is 11.5 Å². The third-order valence-corrected chi connectivity index (χ3v) is 7.10. The predicted molar refractivity (Wildman–Crippen MR) is 130 cm³/mol. The summed E-state index contributed by atoms with van der Waals surface area (Å²) >= 11 is 1.69. The Balaban J connectivity index is 1.39. The number of thiazole rings is 1. The lowest BCUT2D eigenvalue weighted by Gasteiger charge is -2.34. The van der Waals surface area contributed by atoms with Crippen LogP contribution < -0.4 is 14.4 Å². The fourth-order valence-electron chi connectivity index (χ4n) is 3.94. The first kappa shape index (κ1) is 22.4. The van der Waals surface area contributed by atoms with Crippen molar-refractivity contribution in [1.82, 2.24) is 9.88 Å². The topological polar surface area (TPSA) is 54.9 Å². The number of aryl methyl sites for hydroxylation is 1. The number of piperazine rings is 1. The van der Waals surface area contributed by atoms with Crippen LogP contribution in [-0.4, -0.2) is 55.7 Å². The Bertz CT molecular complexity index is 1070. The molecule has 0 saturated carbocycles. The molecule has 0 unspecified atom stereocenters. The van der Waals surface area contributed by atoms with Gasteiger partial charge >= 0.3 is 0 Å². The number of aromatic nitrogens is 1. The molecule has 2 aromatic carbocycles. The van der Waals surface area contributed by atoms with Crippen LogP contribution in [-0.2, 0) is 0 Å². The molecule has 7 heteroatoms. The number of anilines is 1. The predicted octanol–water partition coefficient (Wildman–Crippen LogP) is 5.14. The van der Waals surface area contributed by atoms with Gasteiger partial charge in [0.1, 0.15) is 17.0 Å². The molecule has 0 radical (unpaired) electrons. The van der Waals surface area contributed by atoms with E-state index in [2.05, 4.69) is 24.8 Å². The van der Waals surface area contributed by atoms with E-state index in [1.807, 2.05) is 35.2 Å². The zero-order valence-electron chi connectivity index (χ0n) is 19.1. The molecule has 1 aliphatic heterocycles. The lowest BCUT2D eigenvalue weighted by Crippen LogP contribution is -2.48. The third kappa shape index (κ3) is 4.83. The second kappa shape index (κ2) is 10.2. The highest BCUT2D eigenvalue weighted by atomic mass is 32.1. The molecule has 0 spiro atoms. The van der Waals surface area contributed by atoms with Gasteiger partial charge in [0, 0.05) is 31.7 Å². The number of ether oxygens (including phenoxy) is 2. The van der Waals surface area contributed by atoms with E-state index in [1.54, 1.807) is 18.4 Å². The minimum Gasteiger partial charge on any atom is -0.494 e. The first-order chi connectivity index (χ1) is 15.6. The highest BCUT2D eigenvalue weighted by molar-refractivity contribution is 7.22. The van der Waals surface area contributed by atoms with E-state index in [0.717, 1.165) is 59.2 Å². The molecular formula is C25H31N3O3S. The van der Waals surface area contributed by atoms with Gasteiger partial charge in [-0.2, -0.15) is 0 Å². The molecule has 1 fully saturated rings. The molecule has 3 aromatic rings. The van der Waals surface area contributed by atoms with Crippen LogP contribution in [0.3, 0.4) is 0 Å². The summed E-state index contributed by atoms with van der Waals surface area (Å²) in [4.78, 5) is 22.1. The summed E-state index contributed by atoms with van der Waals surface area (Å²) in [7, 11) is 1.68. The van der Waals surface area contributed by atoms with E-state index in [-0.39, 0.29) is 5.91 Å². The number of benzene rings is 2. The Morgan fingerprint density at radius 2 is 1.94 bits per heavy atom. The molecule has 1 saturated heterocycles. The van der Waals surface area contributed by atoms with Crippen LogP contribution in [0.25, 0.3) is 10.2 Å². The lowest BCUT2D eigenvalue weighted by atomic mass is 10.1. The van der Waals surface area contributed by atoms with Gasteiger partial charge in [0.15, 0.2) is 5.13 Å².